The van der Waals surface area contributed by atoms with E-state index in [-0.39, 0.29) is 11.5 Å². The zero-order chi connectivity index (χ0) is 20.0. The first kappa shape index (κ1) is 17.9. The highest BCUT2D eigenvalue weighted by Gasteiger charge is 2.24. The lowest BCUT2D eigenvalue weighted by atomic mass is 10.0. The van der Waals surface area contributed by atoms with Crippen molar-refractivity contribution in [2.45, 2.75) is 32.6 Å². The Morgan fingerprint density at radius 3 is 2.76 bits per heavy atom. The molecule has 0 saturated carbocycles. The maximum Gasteiger partial charge on any atom is 0.285 e. The van der Waals surface area contributed by atoms with E-state index in [1.54, 1.807) is 6.20 Å². The molecule has 3 aromatic heterocycles. The molecule has 7 heteroatoms. The van der Waals surface area contributed by atoms with Gasteiger partial charge >= 0.3 is 0 Å². The van der Waals surface area contributed by atoms with E-state index in [2.05, 4.69) is 10.1 Å². The monoisotopic (exact) mass is 390 g/mol. The normalized spacial score (nSPS) is 17.1. The molecule has 29 heavy (non-hydrogen) atoms. The second kappa shape index (κ2) is 7.00. The number of hydrogen-bond donors (Lipinski definition) is 1. The van der Waals surface area contributed by atoms with Gasteiger partial charge in [0.2, 0.25) is 5.89 Å². The molecule has 4 aromatic rings. The van der Waals surface area contributed by atoms with Gasteiger partial charge in [-0.2, -0.15) is 0 Å². The van der Waals surface area contributed by atoms with E-state index in [0.29, 0.717) is 29.4 Å². The number of H-pyrrole nitrogens is 1. The average molecular weight is 390 g/mol. The molecule has 1 atom stereocenters. The van der Waals surface area contributed by atoms with E-state index in [1.807, 2.05) is 44.2 Å². The predicted octanol–water partition coefficient (Wildman–Crippen LogP) is 3.86. The number of aryl methyl sites for hydroxylation is 2. The average Bonchev–Trinajstić information content (AvgIpc) is 3.34. The molecular weight excluding hydrogens is 368 g/mol. The molecular formula is C22H22N4O3. The first-order valence-corrected chi connectivity index (χ1v) is 9.84. The van der Waals surface area contributed by atoms with Gasteiger partial charge in [-0.1, -0.05) is 30.3 Å². The topological polar surface area (TPSA) is 85.4 Å². The van der Waals surface area contributed by atoms with Crippen molar-refractivity contribution in [3.05, 3.63) is 64.0 Å². The third kappa shape index (κ3) is 2.98. The summed E-state index contributed by atoms with van der Waals surface area (Å²) in [7, 11) is 0. The molecule has 0 spiro atoms. The fourth-order valence-electron chi connectivity index (χ4n) is 4.04. The number of fused-ring (bicyclic) bond motifs is 1. The maximum atomic E-state index is 13.3. The number of ether oxygens (including phenoxy) is 1. The van der Waals surface area contributed by atoms with Crippen LogP contribution in [0.4, 0.5) is 0 Å². The third-order valence-electron chi connectivity index (χ3n) is 5.50. The quantitative estimate of drug-likeness (QED) is 0.574. The summed E-state index contributed by atoms with van der Waals surface area (Å²) in [6, 6.07) is 9.94. The number of nitrogens with one attached hydrogen (secondary N) is 1. The summed E-state index contributed by atoms with van der Waals surface area (Å²) in [6.45, 7) is 5.17. The number of aromatic nitrogens is 4. The summed E-state index contributed by atoms with van der Waals surface area (Å²) in [5, 5.41) is 3.15. The largest absolute Gasteiger partial charge is 0.441 e. The minimum atomic E-state index is -0.217. The van der Waals surface area contributed by atoms with Gasteiger partial charge in [-0.15, -0.1) is 0 Å². The molecule has 0 amide bonds. The fraction of sp³-hybridized carbons (Fsp3) is 0.318. The van der Waals surface area contributed by atoms with Crippen LogP contribution in [-0.4, -0.2) is 32.8 Å². The second-order valence-corrected chi connectivity index (χ2v) is 7.50. The molecule has 0 bridgehead atoms. The van der Waals surface area contributed by atoms with Crippen molar-refractivity contribution in [1.29, 1.82) is 0 Å². The lowest BCUT2D eigenvalue weighted by Gasteiger charge is -2.19. The SMILES string of the molecule is Cc1nc2c(-c3ccccc3)c(C)[nH]n2c(=O)c1-c1ncc(C2CCCOC2)o1. The van der Waals surface area contributed by atoms with Gasteiger partial charge in [0.1, 0.15) is 11.3 Å². The van der Waals surface area contributed by atoms with Crippen LogP contribution in [-0.2, 0) is 4.74 Å². The molecule has 7 nitrogen and oxygen atoms in total. The van der Waals surface area contributed by atoms with E-state index in [4.69, 9.17) is 14.1 Å². The van der Waals surface area contributed by atoms with Crippen LogP contribution in [0.25, 0.3) is 28.2 Å². The summed E-state index contributed by atoms with van der Waals surface area (Å²) in [6.07, 6.45) is 3.71. The molecule has 0 radical (unpaired) electrons. The summed E-state index contributed by atoms with van der Waals surface area (Å²) < 4.78 is 13.0. The molecule has 1 aliphatic rings. The van der Waals surface area contributed by atoms with Crippen molar-refractivity contribution in [3.8, 4) is 22.6 Å². The fourth-order valence-corrected chi connectivity index (χ4v) is 4.04. The van der Waals surface area contributed by atoms with E-state index in [0.717, 1.165) is 42.0 Å². The van der Waals surface area contributed by atoms with E-state index >= 15 is 0 Å². The smallest absolute Gasteiger partial charge is 0.285 e. The van der Waals surface area contributed by atoms with Crippen LogP contribution in [0.15, 0.2) is 45.7 Å². The van der Waals surface area contributed by atoms with Crippen LogP contribution in [0.2, 0.25) is 0 Å². The molecule has 5 rings (SSSR count). The van der Waals surface area contributed by atoms with Gasteiger partial charge in [0.05, 0.1) is 18.5 Å². The van der Waals surface area contributed by atoms with Crippen molar-refractivity contribution in [1.82, 2.24) is 19.6 Å². The van der Waals surface area contributed by atoms with Gasteiger partial charge in [0, 0.05) is 23.8 Å². The summed E-state index contributed by atoms with van der Waals surface area (Å²) in [5.41, 5.74) is 4.18. The lowest BCUT2D eigenvalue weighted by Crippen LogP contribution is -2.19. The van der Waals surface area contributed by atoms with E-state index in [9.17, 15) is 4.79 Å². The molecule has 1 N–H and O–H groups in total. The molecule has 1 aliphatic heterocycles. The Kier molecular flexibility index (Phi) is 4.32. The maximum absolute atomic E-state index is 13.3. The van der Waals surface area contributed by atoms with Crippen molar-refractivity contribution >= 4 is 5.65 Å². The number of benzene rings is 1. The minimum Gasteiger partial charge on any atom is -0.441 e. The zero-order valence-corrected chi connectivity index (χ0v) is 16.4. The molecule has 4 heterocycles. The second-order valence-electron chi connectivity index (χ2n) is 7.50. The Morgan fingerprint density at radius 2 is 2.00 bits per heavy atom. The Morgan fingerprint density at radius 1 is 1.17 bits per heavy atom. The standard InChI is InChI=1S/C22H22N4O3/c1-13-19(21-23-11-17(29-21)16-9-6-10-28-12-16)22(27)26-20(24-13)18(14(2)25-26)15-7-4-3-5-8-15/h3-5,7-8,11,16,25H,6,9-10,12H2,1-2H3. The van der Waals surface area contributed by atoms with Gasteiger partial charge in [-0.05, 0) is 32.3 Å². The van der Waals surface area contributed by atoms with Crippen molar-refractivity contribution in [3.63, 3.8) is 0 Å². The Bertz CT molecular complexity index is 1230. The van der Waals surface area contributed by atoms with Crippen molar-refractivity contribution < 1.29 is 9.15 Å². The number of oxazole rings is 1. The molecule has 1 fully saturated rings. The van der Waals surface area contributed by atoms with Crippen LogP contribution in [0.1, 0.15) is 35.9 Å². The predicted molar refractivity (Wildman–Crippen MR) is 109 cm³/mol. The Hall–Kier alpha value is -3.19. The molecule has 0 aliphatic carbocycles. The summed E-state index contributed by atoms with van der Waals surface area (Å²) >= 11 is 0. The van der Waals surface area contributed by atoms with Crippen LogP contribution in [0.3, 0.4) is 0 Å². The van der Waals surface area contributed by atoms with Gasteiger partial charge in [-0.25, -0.2) is 14.5 Å². The molecule has 148 valence electrons. The highest BCUT2D eigenvalue weighted by molar-refractivity contribution is 5.80. The third-order valence-corrected chi connectivity index (χ3v) is 5.50. The van der Waals surface area contributed by atoms with Crippen LogP contribution in [0.5, 0.6) is 0 Å². The van der Waals surface area contributed by atoms with Gasteiger partial charge < -0.3 is 9.15 Å². The van der Waals surface area contributed by atoms with Gasteiger partial charge in [0.15, 0.2) is 5.65 Å². The molecule has 1 aromatic carbocycles. The Balaban J connectivity index is 1.63. The highest BCUT2D eigenvalue weighted by atomic mass is 16.5. The molecule has 1 unspecified atom stereocenters. The van der Waals surface area contributed by atoms with Gasteiger partial charge in [-0.3, -0.25) is 9.89 Å². The van der Waals surface area contributed by atoms with Gasteiger partial charge in [0.25, 0.3) is 5.56 Å². The van der Waals surface area contributed by atoms with Crippen LogP contribution >= 0.6 is 0 Å². The zero-order valence-electron chi connectivity index (χ0n) is 16.4. The molecule has 1 saturated heterocycles. The number of nitrogens with zero attached hydrogens (tertiary/aromatic N) is 3. The number of aromatic amines is 1. The first-order valence-electron chi connectivity index (χ1n) is 9.84. The van der Waals surface area contributed by atoms with Crippen LogP contribution < -0.4 is 5.56 Å². The number of rotatable bonds is 3. The summed E-state index contributed by atoms with van der Waals surface area (Å²) in [5.74, 6) is 1.25. The number of hydrogen-bond acceptors (Lipinski definition) is 5. The highest BCUT2D eigenvalue weighted by Crippen LogP contribution is 2.30. The summed E-state index contributed by atoms with van der Waals surface area (Å²) in [4.78, 5) is 22.4. The van der Waals surface area contributed by atoms with Crippen molar-refractivity contribution in [2.75, 3.05) is 13.2 Å². The van der Waals surface area contributed by atoms with Crippen molar-refractivity contribution in [2.24, 2.45) is 0 Å². The van der Waals surface area contributed by atoms with E-state index < -0.39 is 0 Å². The van der Waals surface area contributed by atoms with Crippen LogP contribution in [0, 0.1) is 13.8 Å². The van der Waals surface area contributed by atoms with E-state index in [1.165, 1.54) is 4.52 Å². The first-order chi connectivity index (χ1) is 14.1. The minimum absolute atomic E-state index is 0.183. The lowest BCUT2D eigenvalue weighted by molar-refractivity contribution is 0.0744. The Labute approximate surface area is 167 Å².